The predicted molar refractivity (Wildman–Crippen MR) is 121 cm³/mol. The molecule has 2 N–H and O–H groups in total. The highest BCUT2D eigenvalue weighted by atomic mass is 32.2. The Morgan fingerprint density at radius 3 is 2.67 bits per heavy atom. The van der Waals surface area contributed by atoms with Gasteiger partial charge in [-0.25, -0.2) is 4.79 Å². The van der Waals surface area contributed by atoms with Crippen LogP contribution in [0.2, 0.25) is 0 Å². The molecule has 2 aromatic rings. The molecule has 1 unspecified atom stereocenters. The summed E-state index contributed by atoms with van der Waals surface area (Å²) in [6.45, 7) is 0. The average Bonchev–Trinajstić information content (AvgIpc) is 3.33. The second kappa shape index (κ2) is 9.46. The Hall–Kier alpha value is -3.02. The number of ether oxygens (including phenoxy) is 1. The van der Waals surface area contributed by atoms with Crippen molar-refractivity contribution in [2.75, 3.05) is 18.6 Å². The summed E-state index contributed by atoms with van der Waals surface area (Å²) in [4.78, 5) is 51.2. The van der Waals surface area contributed by atoms with E-state index in [-0.39, 0.29) is 28.7 Å². The number of nitrogens with one attached hydrogen (secondary N) is 1. The molecule has 2 atom stereocenters. The van der Waals surface area contributed by atoms with Gasteiger partial charge in [0.1, 0.15) is 16.8 Å². The molecule has 0 saturated carbocycles. The van der Waals surface area contributed by atoms with Gasteiger partial charge in [-0.05, 0) is 17.7 Å². The van der Waals surface area contributed by atoms with Gasteiger partial charge >= 0.3 is 5.97 Å². The molecule has 1 aromatic carbocycles. The number of carboxylic acid groups (broad SMARTS) is 1. The van der Waals surface area contributed by atoms with Crippen molar-refractivity contribution in [2.24, 2.45) is 0 Å². The fraction of sp³-hybridized carbons (Fsp3) is 0.273. The highest BCUT2D eigenvalue weighted by molar-refractivity contribution is 8.14. The monoisotopic (exact) mass is 488 g/mol. The van der Waals surface area contributed by atoms with Crippen LogP contribution in [0, 0.1) is 0 Å². The van der Waals surface area contributed by atoms with E-state index in [4.69, 9.17) is 9.15 Å². The van der Waals surface area contributed by atoms with Crippen LogP contribution in [0.15, 0.2) is 64.4 Å². The van der Waals surface area contributed by atoms with Crippen LogP contribution in [0.4, 0.5) is 0 Å². The zero-order valence-electron chi connectivity index (χ0n) is 17.5. The van der Waals surface area contributed by atoms with Crippen LogP contribution in [0.1, 0.15) is 16.1 Å². The van der Waals surface area contributed by atoms with Crippen molar-refractivity contribution in [3.05, 3.63) is 71.3 Å². The minimum atomic E-state index is -1.67. The highest BCUT2D eigenvalue weighted by Crippen LogP contribution is 2.47. The Kier molecular flexibility index (Phi) is 6.63. The molecule has 2 aliphatic rings. The van der Waals surface area contributed by atoms with E-state index < -0.39 is 28.9 Å². The molecule has 0 bridgehead atoms. The number of nitrogens with zero attached hydrogens (tertiary/aromatic N) is 1. The third-order valence-electron chi connectivity index (χ3n) is 5.26. The lowest BCUT2D eigenvalue weighted by molar-refractivity contribution is -0.192. The van der Waals surface area contributed by atoms with Crippen LogP contribution < -0.4 is 5.32 Å². The number of fused-ring (bicyclic) bond motifs is 1. The Bertz CT molecular complexity index is 1120. The lowest BCUT2D eigenvalue weighted by atomic mass is 9.98. The van der Waals surface area contributed by atoms with Gasteiger partial charge in [-0.15, -0.1) is 11.8 Å². The van der Waals surface area contributed by atoms with Crippen LogP contribution in [0.25, 0.3) is 0 Å². The van der Waals surface area contributed by atoms with Crippen molar-refractivity contribution in [1.29, 1.82) is 0 Å². The van der Waals surface area contributed by atoms with E-state index in [2.05, 4.69) is 5.32 Å². The number of hydrogen-bond donors (Lipinski definition) is 2. The summed E-state index contributed by atoms with van der Waals surface area (Å²) in [6, 6.07) is 12.0. The Morgan fingerprint density at radius 2 is 2.03 bits per heavy atom. The highest BCUT2D eigenvalue weighted by Gasteiger charge is 2.66. The van der Waals surface area contributed by atoms with Gasteiger partial charge in [0.2, 0.25) is 11.0 Å². The number of furan rings is 1. The molecule has 1 fully saturated rings. The molecular weight excluding hydrogens is 468 g/mol. The van der Waals surface area contributed by atoms with Gasteiger partial charge in [-0.1, -0.05) is 42.1 Å². The van der Waals surface area contributed by atoms with Gasteiger partial charge in [0, 0.05) is 24.2 Å². The first-order valence-corrected chi connectivity index (χ1v) is 11.9. The summed E-state index contributed by atoms with van der Waals surface area (Å²) in [7, 11) is 1.29. The first-order valence-electron chi connectivity index (χ1n) is 9.88. The number of carbonyl (C=O) groups is 4. The maximum Gasteiger partial charge on any atom is 0.352 e. The largest absolute Gasteiger partial charge is 0.477 e. The maximum atomic E-state index is 13.1. The quantitative estimate of drug-likeness (QED) is 0.424. The first-order chi connectivity index (χ1) is 15.9. The van der Waals surface area contributed by atoms with Gasteiger partial charge in [-0.3, -0.25) is 19.3 Å². The van der Waals surface area contributed by atoms with Crippen LogP contribution in [-0.2, 0) is 25.5 Å². The van der Waals surface area contributed by atoms with Gasteiger partial charge in [0.15, 0.2) is 0 Å². The van der Waals surface area contributed by atoms with Crippen molar-refractivity contribution < 1.29 is 33.4 Å². The molecule has 9 nitrogen and oxygen atoms in total. The van der Waals surface area contributed by atoms with Crippen molar-refractivity contribution in [1.82, 2.24) is 10.2 Å². The van der Waals surface area contributed by atoms with E-state index in [1.165, 1.54) is 25.1 Å². The smallest absolute Gasteiger partial charge is 0.352 e. The lowest BCUT2D eigenvalue weighted by Gasteiger charge is -2.55. The zero-order valence-corrected chi connectivity index (χ0v) is 19.1. The van der Waals surface area contributed by atoms with E-state index in [1.54, 1.807) is 42.5 Å². The van der Waals surface area contributed by atoms with Gasteiger partial charge in [0.05, 0.1) is 12.7 Å². The maximum absolute atomic E-state index is 13.1. The van der Waals surface area contributed by atoms with Gasteiger partial charge < -0.3 is 19.6 Å². The number of rotatable bonds is 8. The molecule has 11 heteroatoms. The molecular formula is C22H20N2O7S2. The molecule has 3 heterocycles. The number of hydrogen-bond acceptors (Lipinski definition) is 8. The van der Waals surface area contributed by atoms with Crippen molar-refractivity contribution in [3.63, 3.8) is 0 Å². The van der Waals surface area contributed by atoms with Crippen LogP contribution in [-0.4, -0.2) is 62.6 Å². The molecule has 0 spiro atoms. The summed E-state index contributed by atoms with van der Waals surface area (Å²) >= 11 is 2.25. The van der Waals surface area contributed by atoms with E-state index in [0.29, 0.717) is 16.9 Å². The fourth-order valence-electron chi connectivity index (χ4n) is 3.69. The summed E-state index contributed by atoms with van der Waals surface area (Å²) in [6.07, 6.45) is 1.35. The number of carbonyl (C=O) groups excluding carboxylic acids is 3. The van der Waals surface area contributed by atoms with E-state index >= 15 is 0 Å². The number of β-lactam (4-membered cyclic amide) rings is 1. The third kappa shape index (κ3) is 4.31. The molecule has 33 heavy (non-hydrogen) atoms. The van der Waals surface area contributed by atoms with E-state index in [9.17, 15) is 24.3 Å². The predicted octanol–water partition coefficient (Wildman–Crippen LogP) is 2.11. The Morgan fingerprint density at radius 1 is 1.27 bits per heavy atom. The number of carboxylic acids is 1. The SMILES string of the molecule is COC1(NC(=O)Cc2ccco2)C(=O)N2C(C(=O)O)=C(CSC(=O)c3ccccc3)CS[C@@H]21. The molecule has 0 radical (unpaired) electrons. The normalized spacial score (nSPS) is 21.9. The second-order valence-electron chi connectivity index (χ2n) is 7.28. The molecule has 2 aliphatic heterocycles. The summed E-state index contributed by atoms with van der Waals surface area (Å²) in [5, 5.41) is 11.5. The number of thioether (sulfide) groups is 2. The minimum Gasteiger partial charge on any atom is -0.477 e. The second-order valence-corrected chi connectivity index (χ2v) is 9.30. The van der Waals surface area contributed by atoms with Crippen LogP contribution in [0.5, 0.6) is 0 Å². The standard InChI is InChI=1S/C22H20N2O7S2/c1-30-22(23-16(25)10-15-8-5-9-31-15)20(29)24-17(18(26)27)14(12-33-21(22)24)11-32-19(28)13-6-3-2-4-7-13/h2-9,21H,10-12H2,1H3,(H,23,25)(H,26,27)/t21-,22?/m1/s1. The average molecular weight is 489 g/mol. The molecule has 4 rings (SSSR count). The number of benzene rings is 1. The third-order valence-corrected chi connectivity index (χ3v) is 7.63. The van der Waals surface area contributed by atoms with Crippen molar-refractivity contribution >= 4 is 46.4 Å². The topological polar surface area (TPSA) is 126 Å². The summed E-state index contributed by atoms with van der Waals surface area (Å²) in [5.74, 6) is -1.62. The summed E-state index contributed by atoms with van der Waals surface area (Å²) < 4.78 is 10.6. The number of amides is 2. The molecule has 172 valence electrons. The van der Waals surface area contributed by atoms with Crippen LogP contribution in [0.3, 0.4) is 0 Å². The number of methoxy groups -OCH3 is 1. The molecule has 1 aromatic heterocycles. The Balaban J connectivity index is 1.50. The lowest BCUT2D eigenvalue weighted by Crippen LogP contribution is -2.80. The fourth-order valence-corrected chi connectivity index (χ4v) is 6.10. The number of aliphatic carboxylic acids is 1. The molecule has 2 amide bonds. The van der Waals surface area contributed by atoms with E-state index in [1.807, 2.05) is 0 Å². The first kappa shape index (κ1) is 23.1. The van der Waals surface area contributed by atoms with Gasteiger partial charge in [-0.2, -0.15) is 0 Å². The zero-order chi connectivity index (χ0) is 23.6. The summed E-state index contributed by atoms with van der Waals surface area (Å²) in [5.41, 5.74) is -0.879. The Labute approximate surface area is 197 Å². The molecule has 1 saturated heterocycles. The molecule has 0 aliphatic carbocycles. The van der Waals surface area contributed by atoms with Gasteiger partial charge in [0.25, 0.3) is 11.6 Å². The van der Waals surface area contributed by atoms with Crippen molar-refractivity contribution in [3.8, 4) is 0 Å². The van der Waals surface area contributed by atoms with Crippen LogP contribution >= 0.6 is 23.5 Å². The minimum absolute atomic E-state index is 0.0894. The van der Waals surface area contributed by atoms with E-state index in [0.717, 1.165) is 16.7 Å². The van der Waals surface area contributed by atoms with Crippen molar-refractivity contribution in [2.45, 2.75) is 17.5 Å².